The minimum atomic E-state index is 0.267. The molecule has 112 valence electrons. The summed E-state index contributed by atoms with van der Waals surface area (Å²) in [6.07, 6.45) is 3.16. The molecule has 2 rings (SSSR count). The molecule has 0 aliphatic heterocycles. The van der Waals surface area contributed by atoms with Crippen LogP contribution in [0.3, 0.4) is 0 Å². The molecule has 3 unspecified atom stereocenters. The molecule has 0 fully saturated rings. The fraction of sp³-hybridized carbons (Fsp3) is 0.647. The Balaban J connectivity index is 1.98. The second kappa shape index (κ2) is 6.59. The first-order valence-electron chi connectivity index (χ1n) is 7.71. The summed E-state index contributed by atoms with van der Waals surface area (Å²) in [7, 11) is 0. The van der Waals surface area contributed by atoms with Crippen LogP contribution < -0.4 is 5.32 Å². The molecule has 3 N–H and O–H groups in total. The van der Waals surface area contributed by atoms with Gasteiger partial charge in [0, 0.05) is 18.2 Å². The molecular formula is C17H27NO2. The Hall–Kier alpha value is -1.06. The molecule has 0 heterocycles. The fourth-order valence-corrected chi connectivity index (χ4v) is 3.35. The molecule has 0 radical (unpaired) electrons. The van der Waals surface area contributed by atoms with Crippen LogP contribution in [0.1, 0.15) is 61.8 Å². The third-order valence-electron chi connectivity index (χ3n) is 4.49. The van der Waals surface area contributed by atoms with Gasteiger partial charge in [0.2, 0.25) is 0 Å². The van der Waals surface area contributed by atoms with E-state index in [9.17, 15) is 5.11 Å². The SMILES string of the molecule is Cc1ccc(O)c2c1C(C)CC2NCCCC(C)CO. The van der Waals surface area contributed by atoms with E-state index in [4.69, 9.17) is 5.11 Å². The second-order valence-corrected chi connectivity index (χ2v) is 6.30. The van der Waals surface area contributed by atoms with Crippen molar-refractivity contribution in [2.24, 2.45) is 5.92 Å². The number of nitrogens with one attached hydrogen (secondary N) is 1. The first-order valence-corrected chi connectivity index (χ1v) is 7.71. The summed E-state index contributed by atoms with van der Waals surface area (Å²) in [6.45, 7) is 7.64. The monoisotopic (exact) mass is 277 g/mol. The van der Waals surface area contributed by atoms with E-state index in [0.717, 1.165) is 31.4 Å². The van der Waals surface area contributed by atoms with Gasteiger partial charge in [0.05, 0.1) is 0 Å². The predicted octanol–water partition coefficient (Wildman–Crippen LogP) is 3.25. The zero-order valence-corrected chi connectivity index (χ0v) is 12.8. The van der Waals surface area contributed by atoms with Gasteiger partial charge >= 0.3 is 0 Å². The van der Waals surface area contributed by atoms with Gasteiger partial charge in [0.1, 0.15) is 5.75 Å². The van der Waals surface area contributed by atoms with Crippen LogP contribution in [0.4, 0.5) is 0 Å². The van der Waals surface area contributed by atoms with Gasteiger partial charge in [-0.25, -0.2) is 0 Å². The molecule has 20 heavy (non-hydrogen) atoms. The molecule has 0 saturated carbocycles. The summed E-state index contributed by atoms with van der Waals surface area (Å²) >= 11 is 0. The zero-order chi connectivity index (χ0) is 14.7. The number of hydrogen-bond donors (Lipinski definition) is 3. The van der Waals surface area contributed by atoms with Crippen molar-refractivity contribution in [1.82, 2.24) is 5.32 Å². The van der Waals surface area contributed by atoms with Crippen molar-refractivity contribution >= 4 is 0 Å². The average Bonchev–Trinajstić information content (AvgIpc) is 2.77. The fourth-order valence-electron chi connectivity index (χ4n) is 3.35. The number of phenols is 1. The smallest absolute Gasteiger partial charge is 0.120 e. The van der Waals surface area contributed by atoms with Crippen LogP contribution >= 0.6 is 0 Å². The van der Waals surface area contributed by atoms with Gasteiger partial charge in [0.25, 0.3) is 0 Å². The molecule has 0 bridgehead atoms. The van der Waals surface area contributed by atoms with Gasteiger partial charge in [-0.05, 0) is 61.8 Å². The molecule has 0 aromatic heterocycles. The highest BCUT2D eigenvalue weighted by Gasteiger charge is 2.31. The number of fused-ring (bicyclic) bond motifs is 1. The summed E-state index contributed by atoms with van der Waals surface area (Å²) in [6, 6.07) is 4.09. The van der Waals surface area contributed by atoms with Crippen LogP contribution in [-0.4, -0.2) is 23.4 Å². The largest absolute Gasteiger partial charge is 0.508 e. The highest BCUT2D eigenvalue weighted by Crippen LogP contribution is 2.45. The number of aromatic hydroxyl groups is 1. The number of phenolic OH excluding ortho intramolecular Hbond substituents is 1. The van der Waals surface area contributed by atoms with E-state index in [1.807, 2.05) is 12.1 Å². The normalized spacial score (nSPS) is 22.8. The summed E-state index contributed by atoms with van der Waals surface area (Å²) in [4.78, 5) is 0. The van der Waals surface area contributed by atoms with Gasteiger partial charge in [-0.3, -0.25) is 0 Å². The van der Waals surface area contributed by atoms with Crippen molar-refractivity contribution in [2.45, 2.75) is 52.0 Å². The number of aliphatic hydroxyl groups excluding tert-OH is 1. The lowest BCUT2D eigenvalue weighted by Crippen LogP contribution is -2.21. The van der Waals surface area contributed by atoms with Gasteiger partial charge < -0.3 is 15.5 Å². The van der Waals surface area contributed by atoms with Gasteiger partial charge in [-0.1, -0.05) is 19.9 Å². The Bertz CT molecular complexity index is 459. The standard InChI is InChI=1S/C17H27NO2/c1-11(10-19)5-4-8-18-14-9-13(3)16-12(2)6-7-15(20)17(14)16/h6-7,11,13-14,18-20H,4-5,8-10H2,1-3H3. The topological polar surface area (TPSA) is 52.5 Å². The number of aryl methyl sites for hydroxylation is 1. The number of hydrogen-bond acceptors (Lipinski definition) is 3. The van der Waals surface area contributed by atoms with E-state index >= 15 is 0 Å². The Labute approximate surface area is 122 Å². The number of rotatable bonds is 6. The molecule has 0 amide bonds. The molecule has 1 aromatic carbocycles. The maximum atomic E-state index is 10.2. The Morgan fingerprint density at radius 2 is 2.10 bits per heavy atom. The highest BCUT2D eigenvalue weighted by atomic mass is 16.3. The van der Waals surface area contributed by atoms with E-state index in [-0.39, 0.29) is 12.6 Å². The Morgan fingerprint density at radius 3 is 2.80 bits per heavy atom. The molecule has 3 heteroatoms. The average molecular weight is 277 g/mol. The highest BCUT2D eigenvalue weighted by molar-refractivity contribution is 5.50. The molecule has 3 nitrogen and oxygen atoms in total. The first kappa shape index (κ1) is 15.3. The quantitative estimate of drug-likeness (QED) is 0.700. The van der Waals surface area contributed by atoms with Crippen molar-refractivity contribution in [1.29, 1.82) is 0 Å². The van der Waals surface area contributed by atoms with Crippen LogP contribution in [0.25, 0.3) is 0 Å². The Morgan fingerprint density at radius 1 is 1.35 bits per heavy atom. The number of benzene rings is 1. The van der Waals surface area contributed by atoms with Crippen molar-refractivity contribution in [3.63, 3.8) is 0 Å². The molecule has 1 aliphatic carbocycles. The molecule has 0 spiro atoms. The van der Waals surface area contributed by atoms with Crippen molar-refractivity contribution < 1.29 is 10.2 Å². The molecular weight excluding hydrogens is 250 g/mol. The lowest BCUT2D eigenvalue weighted by atomic mass is 9.97. The summed E-state index contributed by atoms with van der Waals surface area (Å²) in [5.74, 6) is 1.31. The van der Waals surface area contributed by atoms with Crippen LogP contribution in [0.5, 0.6) is 5.75 Å². The van der Waals surface area contributed by atoms with Crippen LogP contribution in [0.2, 0.25) is 0 Å². The van der Waals surface area contributed by atoms with E-state index in [0.29, 0.717) is 17.6 Å². The lowest BCUT2D eigenvalue weighted by molar-refractivity contribution is 0.227. The molecule has 1 aromatic rings. The zero-order valence-electron chi connectivity index (χ0n) is 12.8. The minimum absolute atomic E-state index is 0.267. The van der Waals surface area contributed by atoms with Crippen molar-refractivity contribution in [3.8, 4) is 5.75 Å². The van der Waals surface area contributed by atoms with Crippen LogP contribution in [-0.2, 0) is 0 Å². The van der Waals surface area contributed by atoms with Crippen LogP contribution in [0, 0.1) is 12.8 Å². The minimum Gasteiger partial charge on any atom is -0.508 e. The van der Waals surface area contributed by atoms with Crippen molar-refractivity contribution in [3.05, 3.63) is 28.8 Å². The summed E-state index contributed by atoms with van der Waals surface area (Å²) in [5.41, 5.74) is 3.71. The third kappa shape index (κ3) is 3.15. The van der Waals surface area contributed by atoms with E-state index in [2.05, 4.69) is 26.1 Å². The maximum absolute atomic E-state index is 10.2. The lowest BCUT2D eigenvalue weighted by Gasteiger charge is -2.16. The van der Waals surface area contributed by atoms with E-state index in [1.165, 1.54) is 11.1 Å². The van der Waals surface area contributed by atoms with Crippen molar-refractivity contribution in [2.75, 3.05) is 13.2 Å². The van der Waals surface area contributed by atoms with Gasteiger partial charge in [-0.15, -0.1) is 0 Å². The second-order valence-electron chi connectivity index (χ2n) is 6.30. The molecule has 1 aliphatic rings. The predicted molar refractivity (Wildman–Crippen MR) is 82.1 cm³/mol. The van der Waals surface area contributed by atoms with E-state index < -0.39 is 0 Å². The maximum Gasteiger partial charge on any atom is 0.120 e. The summed E-state index contributed by atoms with van der Waals surface area (Å²) in [5, 5.41) is 22.8. The molecule has 3 atom stereocenters. The molecule has 0 saturated heterocycles. The summed E-state index contributed by atoms with van der Waals surface area (Å²) < 4.78 is 0. The Kier molecular flexibility index (Phi) is 5.06. The van der Waals surface area contributed by atoms with E-state index in [1.54, 1.807) is 0 Å². The van der Waals surface area contributed by atoms with Gasteiger partial charge in [-0.2, -0.15) is 0 Å². The first-order chi connectivity index (χ1) is 9.54. The van der Waals surface area contributed by atoms with Gasteiger partial charge in [0.15, 0.2) is 0 Å². The number of aliphatic hydroxyl groups is 1. The third-order valence-corrected chi connectivity index (χ3v) is 4.49. The van der Waals surface area contributed by atoms with Crippen LogP contribution in [0.15, 0.2) is 12.1 Å².